The first kappa shape index (κ1) is 24.5. The van der Waals surface area contributed by atoms with Crippen molar-refractivity contribution >= 4 is 17.8 Å². The number of aliphatic hydroxyl groups excluding tert-OH is 3. The summed E-state index contributed by atoms with van der Waals surface area (Å²) in [7, 11) is 0. The van der Waals surface area contributed by atoms with Gasteiger partial charge in [0.2, 0.25) is 11.8 Å². The summed E-state index contributed by atoms with van der Waals surface area (Å²) in [6.45, 7) is 1.45. The molecule has 0 unspecified atom stereocenters. The summed E-state index contributed by atoms with van der Waals surface area (Å²) < 4.78 is 16.0. The first-order valence-corrected chi connectivity index (χ1v) is 10.3. The predicted molar refractivity (Wildman–Crippen MR) is 102 cm³/mol. The van der Waals surface area contributed by atoms with Crippen LogP contribution in [0.25, 0.3) is 0 Å². The Morgan fingerprint density at radius 3 is 2.57 bits per heavy atom. The SMILES string of the molecule is CC(=O)O[C@@H]1[C@H](OCCCCCCNC(=O)[C@@H]2CCC(=O)N2)O[C@H](CO)[C@@H](O)[C@@H]1O. The van der Waals surface area contributed by atoms with Crippen molar-refractivity contribution in [2.45, 2.75) is 82.2 Å². The van der Waals surface area contributed by atoms with E-state index in [0.717, 1.165) is 19.3 Å². The monoisotopic (exact) mass is 432 g/mol. The molecule has 0 aromatic rings. The van der Waals surface area contributed by atoms with Gasteiger partial charge in [-0.1, -0.05) is 12.8 Å². The van der Waals surface area contributed by atoms with Gasteiger partial charge in [-0.15, -0.1) is 0 Å². The Kier molecular flexibility index (Phi) is 9.92. The molecule has 30 heavy (non-hydrogen) atoms. The third-order valence-electron chi connectivity index (χ3n) is 5.09. The largest absolute Gasteiger partial charge is 0.454 e. The molecule has 172 valence electrons. The van der Waals surface area contributed by atoms with E-state index in [9.17, 15) is 29.7 Å². The van der Waals surface area contributed by atoms with Crippen LogP contribution in [0.1, 0.15) is 45.4 Å². The van der Waals surface area contributed by atoms with E-state index >= 15 is 0 Å². The number of aliphatic hydroxyl groups is 3. The van der Waals surface area contributed by atoms with E-state index < -0.39 is 49.3 Å². The first-order valence-electron chi connectivity index (χ1n) is 10.3. The molecule has 0 aromatic carbocycles. The van der Waals surface area contributed by atoms with Crippen molar-refractivity contribution in [3.05, 3.63) is 0 Å². The van der Waals surface area contributed by atoms with Gasteiger partial charge in [-0.25, -0.2) is 0 Å². The van der Waals surface area contributed by atoms with Gasteiger partial charge in [-0.05, 0) is 19.3 Å². The number of hydrogen-bond acceptors (Lipinski definition) is 9. The average Bonchev–Trinajstić information content (AvgIpc) is 3.15. The summed E-state index contributed by atoms with van der Waals surface area (Å²) >= 11 is 0. The van der Waals surface area contributed by atoms with Gasteiger partial charge in [-0.3, -0.25) is 14.4 Å². The van der Waals surface area contributed by atoms with Gasteiger partial charge >= 0.3 is 5.97 Å². The summed E-state index contributed by atoms with van der Waals surface area (Å²) in [4.78, 5) is 34.2. The van der Waals surface area contributed by atoms with Crippen molar-refractivity contribution in [3.63, 3.8) is 0 Å². The molecular weight excluding hydrogens is 400 g/mol. The van der Waals surface area contributed by atoms with Crippen LogP contribution in [0.5, 0.6) is 0 Å². The second kappa shape index (κ2) is 12.2. The molecule has 5 N–H and O–H groups in total. The van der Waals surface area contributed by atoms with Crippen LogP contribution in [-0.2, 0) is 28.6 Å². The maximum Gasteiger partial charge on any atom is 0.303 e. The molecule has 0 spiro atoms. The van der Waals surface area contributed by atoms with Crippen LogP contribution in [0.4, 0.5) is 0 Å². The number of carbonyl (C=O) groups is 3. The van der Waals surface area contributed by atoms with E-state index in [1.807, 2.05) is 0 Å². The van der Waals surface area contributed by atoms with Gasteiger partial charge in [-0.2, -0.15) is 0 Å². The quantitative estimate of drug-likeness (QED) is 0.190. The minimum absolute atomic E-state index is 0.0969. The molecule has 0 radical (unpaired) electrons. The Morgan fingerprint density at radius 1 is 1.20 bits per heavy atom. The van der Waals surface area contributed by atoms with Crippen LogP contribution in [0.3, 0.4) is 0 Å². The van der Waals surface area contributed by atoms with Crippen LogP contribution in [0, 0.1) is 0 Å². The Bertz CT molecular complexity index is 588. The third-order valence-corrected chi connectivity index (χ3v) is 5.09. The van der Waals surface area contributed by atoms with Gasteiger partial charge in [0.15, 0.2) is 12.4 Å². The molecule has 0 saturated carbocycles. The van der Waals surface area contributed by atoms with E-state index in [1.165, 1.54) is 6.92 Å². The summed E-state index contributed by atoms with van der Waals surface area (Å²) in [5, 5.41) is 34.8. The Labute approximate surface area is 175 Å². The zero-order valence-electron chi connectivity index (χ0n) is 17.1. The molecule has 6 atom stereocenters. The zero-order chi connectivity index (χ0) is 22.1. The fourth-order valence-corrected chi connectivity index (χ4v) is 3.43. The number of amides is 2. The molecule has 2 aliphatic rings. The van der Waals surface area contributed by atoms with E-state index in [0.29, 0.717) is 25.8 Å². The second-order valence-corrected chi connectivity index (χ2v) is 7.52. The molecule has 0 aromatic heterocycles. The first-order chi connectivity index (χ1) is 14.3. The molecule has 2 amide bonds. The Hall–Kier alpha value is -1.79. The van der Waals surface area contributed by atoms with Gasteiger partial charge in [0, 0.05) is 26.5 Å². The van der Waals surface area contributed by atoms with E-state index in [4.69, 9.17) is 14.2 Å². The van der Waals surface area contributed by atoms with E-state index in [2.05, 4.69) is 10.6 Å². The smallest absolute Gasteiger partial charge is 0.303 e. The number of unbranched alkanes of at least 4 members (excludes halogenated alkanes) is 3. The van der Waals surface area contributed by atoms with Crippen molar-refractivity contribution < 1.29 is 43.9 Å². The summed E-state index contributed by atoms with van der Waals surface area (Å²) in [6.07, 6.45) is -2.12. The van der Waals surface area contributed by atoms with Gasteiger partial charge < -0.3 is 40.2 Å². The number of carbonyl (C=O) groups excluding carboxylic acids is 3. The Balaban J connectivity index is 1.61. The van der Waals surface area contributed by atoms with E-state index in [-0.39, 0.29) is 18.4 Å². The number of hydrogen-bond donors (Lipinski definition) is 5. The molecule has 0 bridgehead atoms. The number of rotatable bonds is 11. The number of ether oxygens (including phenoxy) is 3. The Morgan fingerprint density at radius 2 is 1.93 bits per heavy atom. The lowest BCUT2D eigenvalue weighted by Gasteiger charge is -2.41. The summed E-state index contributed by atoms with van der Waals surface area (Å²) in [6, 6.07) is -0.428. The number of esters is 1. The van der Waals surface area contributed by atoms with Gasteiger partial charge in [0.25, 0.3) is 0 Å². The highest BCUT2D eigenvalue weighted by atomic mass is 16.7. The van der Waals surface area contributed by atoms with Crippen molar-refractivity contribution in [2.24, 2.45) is 0 Å². The minimum atomic E-state index is -1.43. The van der Waals surface area contributed by atoms with Crippen molar-refractivity contribution in [3.8, 4) is 0 Å². The predicted octanol–water partition coefficient (Wildman–Crippen LogP) is -1.67. The van der Waals surface area contributed by atoms with Crippen molar-refractivity contribution in [1.29, 1.82) is 0 Å². The standard InChI is InChI=1S/C19H32N2O9/c1-11(23)29-17-16(26)15(25)13(10-22)30-19(17)28-9-5-3-2-4-8-20-18(27)12-6-7-14(24)21-12/h12-13,15-17,19,22,25-26H,2-10H2,1H3,(H,20,27)(H,21,24)/t12-,13+,15+,16-,17-,19+/m0/s1. The minimum Gasteiger partial charge on any atom is -0.454 e. The van der Waals surface area contributed by atoms with Crippen molar-refractivity contribution in [1.82, 2.24) is 10.6 Å². The molecule has 2 fully saturated rings. The maximum atomic E-state index is 11.9. The topological polar surface area (TPSA) is 164 Å². The van der Waals surface area contributed by atoms with Crippen LogP contribution in [-0.4, -0.2) is 89.6 Å². The highest BCUT2D eigenvalue weighted by Crippen LogP contribution is 2.25. The molecule has 0 aliphatic carbocycles. The van der Waals surface area contributed by atoms with Gasteiger partial charge in [0.05, 0.1) is 6.61 Å². The molecule has 2 aliphatic heterocycles. The molecule has 2 rings (SSSR count). The van der Waals surface area contributed by atoms with Crippen LogP contribution < -0.4 is 10.6 Å². The fraction of sp³-hybridized carbons (Fsp3) is 0.842. The van der Waals surface area contributed by atoms with Gasteiger partial charge in [0.1, 0.15) is 24.4 Å². The number of nitrogens with one attached hydrogen (secondary N) is 2. The zero-order valence-corrected chi connectivity index (χ0v) is 17.1. The third kappa shape index (κ3) is 7.17. The normalized spacial score (nSPS) is 31.3. The highest BCUT2D eigenvalue weighted by molar-refractivity contribution is 5.90. The molecular formula is C19H32N2O9. The lowest BCUT2D eigenvalue weighted by atomic mass is 9.99. The van der Waals surface area contributed by atoms with Crippen LogP contribution >= 0.6 is 0 Å². The van der Waals surface area contributed by atoms with Crippen LogP contribution in [0.15, 0.2) is 0 Å². The fourth-order valence-electron chi connectivity index (χ4n) is 3.43. The van der Waals surface area contributed by atoms with Crippen LogP contribution in [0.2, 0.25) is 0 Å². The lowest BCUT2D eigenvalue weighted by Crippen LogP contribution is -2.60. The molecule has 2 saturated heterocycles. The maximum absolute atomic E-state index is 11.9. The summed E-state index contributed by atoms with van der Waals surface area (Å²) in [5.41, 5.74) is 0. The van der Waals surface area contributed by atoms with E-state index in [1.54, 1.807) is 0 Å². The van der Waals surface area contributed by atoms with Crippen molar-refractivity contribution in [2.75, 3.05) is 19.8 Å². The second-order valence-electron chi connectivity index (χ2n) is 7.52. The average molecular weight is 432 g/mol. The lowest BCUT2D eigenvalue weighted by molar-refractivity contribution is -0.304. The summed E-state index contributed by atoms with van der Waals surface area (Å²) in [5.74, 6) is -0.903. The highest BCUT2D eigenvalue weighted by Gasteiger charge is 2.46. The molecule has 11 heteroatoms. The molecule has 2 heterocycles. The molecule has 11 nitrogen and oxygen atoms in total.